The summed E-state index contributed by atoms with van der Waals surface area (Å²) >= 11 is 0. The molecule has 0 aromatic heterocycles. The normalized spacial score (nSPS) is 10.7. The smallest absolute Gasteiger partial charge is 0.0136 e. The third kappa shape index (κ3) is 5.17. The zero-order chi connectivity index (χ0) is 9.40. The van der Waals surface area contributed by atoms with E-state index in [0.717, 1.165) is 6.42 Å². The maximum Gasteiger partial charge on any atom is -0.0136 e. The van der Waals surface area contributed by atoms with E-state index < -0.39 is 0 Å². The topological polar surface area (TPSA) is 0 Å². The van der Waals surface area contributed by atoms with Crippen molar-refractivity contribution in [2.45, 2.75) is 53.4 Å². The van der Waals surface area contributed by atoms with Gasteiger partial charge in [0, 0.05) is 0 Å². The van der Waals surface area contributed by atoms with Gasteiger partial charge in [-0.2, -0.15) is 0 Å². The second-order valence-corrected chi connectivity index (χ2v) is 3.48. The molecule has 70 valence electrons. The summed E-state index contributed by atoms with van der Waals surface area (Å²) in [6.45, 7) is 8.77. The van der Waals surface area contributed by atoms with Crippen LogP contribution < -0.4 is 0 Å². The molecule has 0 aliphatic rings. The zero-order valence-electron chi connectivity index (χ0n) is 8.98. The van der Waals surface area contributed by atoms with E-state index in [1.165, 1.54) is 24.8 Å². The highest BCUT2D eigenvalue weighted by Crippen LogP contribution is 2.16. The highest BCUT2D eigenvalue weighted by Gasteiger charge is 1.96. The standard InChI is InChI=1S/C12H22/c1-5-7-9-12(11(3)4)10-8-6-2/h5,7H,6,8-10H2,1-4H3. The van der Waals surface area contributed by atoms with Crippen LogP contribution in [0.25, 0.3) is 0 Å². The second-order valence-electron chi connectivity index (χ2n) is 3.48. The van der Waals surface area contributed by atoms with Crippen LogP contribution in [0.2, 0.25) is 0 Å². The fourth-order valence-corrected chi connectivity index (χ4v) is 1.21. The van der Waals surface area contributed by atoms with E-state index in [-0.39, 0.29) is 0 Å². The van der Waals surface area contributed by atoms with Crippen LogP contribution in [0.15, 0.2) is 23.3 Å². The van der Waals surface area contributed by atoms with Gasteiger partial charge in [0.15, 0.2) is 0 Å². The molecule has 0 fully saturated rings. The molecule has 12 heavy (non-hydrogen) atoms. The van der Waals surface area contributed by atoms with E-state index in [2.05, 4.69) is 39.8 Å². The predicted molar refractivity (Wildman–Crippen MR) is 57.3 cm³/mol. The van der Waals surface area contributed by atoms with Crippen LogP contribution in [-0.4, -0.2) is 0 Å². The molecule has 0 saturated heterocycles. The molecule has 0 saturated carbocycles. The molecule has 0 aromatic carbocycles. The van der Waals surface area contributed by atoms with Gasteiger partial charge in [0.25, 0.3) is 0 Å². The highest BCUT2D eigenvalue weighted by molar-refractivity contribution is 5.13. The van der Waals surface area contributed by atoms with Crippen molar-refractivity contribution in [3.05, 3.63) is 23.3 Å². The van der Waals surface area contributed by atoms with E-state index in [9.17, 15) is 0 Å². The monoisotopic (exact) mass is 166 g/mol. The van der Waals surface area contributed by atoms with Crippen LogP contribution in [-0.2, 0) is 0 Å². The Morgan fingerprint density at radius 2 is 1.92 bits per heavy atom. The third-order valence-electron chi connectivity index (χ3n) is 2.14. The van der Waals surface area contributed by atoms with Crippen LogP contribution in [0, 0.1) is 0 Å². The molecule has 0 bridgehead atoms. The Bertz CT molecular complexity index is 157. The fourth-order valence-electron chi connectivity index (χ4n) is 1.21. The quantitative estimate of drug-likeness (QED) is 0.528. The lowest BCUT2D eigenvalue weighted by Gasteiger charge is -2.06. The maximum atomic E-state index is 2.25. The van der Waals surface area contributed by atoms with Gasteiger partial charge in [-0.15, -0.1) is 0 Å². The fraction of sp³-hybridized carbons (Fsp3) is 0.667. The number of rotatable bonds is 5. The third-order valence-corrected chi connectivity index (χ3v) is 2.14. The summed E-state index contributed by atoms with van der Waals surface area (Å²) in [5, 5.41) is 0. The highest BCUT2D eigenvalue weighted by atomic mass is 14.0. The van der Waals surface area contributed by atoms with Gasteiger partial charge in [0.1, 0.15) is 0 Å². The molecule has 0 aliphatic carbocycles. The first-order valence-electron chi connectivity index (χ1n) is 4.98. The van der Waals surface area contributed by atoms with Crippen molar-refractivity contribution in [3.8, 4) is 0 Å². The Balaban J connectivity index is 3.97. The Hall–Kier alpha value is -0.520. The molecule has 0 aliphatic heterocycles. The van der Waals surface area contributed by atoms with Crippen molar-refractivity contribution < 1.29 is 0 Å². The zero-order valence-corrected chi connectivity index (χ0v) is 8.98. The van der Waals surface area contributed by atoms with Crippen LogP contribution >= 0.6 is 0 Å². The lowest BCUT2D eigenvalue weighted by atomic mass is 10.0. The average Bonchev–Trinajstić information content (AvgIpc) is 2.04. The molecule has 0 atom stereocenters. The first-order chi connectivity index (χ1) is 5.72. The SMILES string of the molecule is CC=CCC(CCCC)=C(C)C. The summed E-state index contributed by atoms with van der Waals surface area (Å²) in [6.07, 6.45) is 9.44. The molecule has 0 unspecified atom stereocenters. The molecule has 0 heterocycles. The van der Waals surface area contributed by atoms with E-state index in [1.807, 2.05) is 0 Å². The van der Waals surface area contributed by atoms with Crippen molar-refractivity contribution in [3.63, 3.8) is 0 Å². The Labute approximate surface area is 77.4 Å². The van der Waals surface area contributed by atoms with E-state index >= 15 is 0 Å². The number of allylic oxidation sites excluding steroid dienone is 4. The van der Waals surface area contributed by atoms with Crippen molar-refractivity contribution in [1.29, 1.82) is 0 Å². The van der Waals surface area contributed by atoms with E-state index in [4.69, 9.17) is 0 Å². The van der Waals surface area contributed by atoms with Gasteiger partial charge in [0.2, 0.25) is 0 Å². The Kier molecular flexibility index (Phi) is 6.84. The van der Waals surface area contributed by atoms with E-state index in [0.29, 0.717) is 0 Å². The van der Waals surface area contributed by atoms with Crippen LogP contribution in [0.3, 0.4) is 0 Å². The van der Waals surface area contributed by atoms with E-state index in [1.54, 1.807) is 5.57 Å². The molecule has 0 nitrogen and oxygen atoms in total. The number of unbranched alkanes of at least 4 members (excludes halogenated alkanes) is 1. The van der Waals surface area contributed by atoms with Crippen molar-refractivity contribution in [1.82, 2.24) is 0 Å². The maximum absolute atomic E-state index is 2.25. The summed E-state index contributed by atoms with van der Waals surface area (Å²) in [5.74, 6) is 0. The van der Waals surface area contributed by atoms with Gasteiger partial charge in [0.05, 0.1) is 0 Å². The molecular weight excluding hydrogens is 144 g/mol. The summed E-state index contributed by atoms with van der Waals surface area (Å²) in [5.41, 5.74) is 3.12. The summed E-state index contributed by atoms with van der Waals surface area (Å²) < 4.78 is 0. The molecular formula is C12H22. The molecule has 0 spiro atoms. The minimum atomic E-state index is 1.15. The van der Waals surface area contributed by atoms with Gasteiger partial charge in [-0.3, -0.25) is 0 Å². The van der Waals surface area contributed by atoms with Crippen molar-refractivity contribution >= 4 is 0 Å². The molecule has 0 rings (SSSR count). The lowest BCUT2D eigenvalue weighted by Crippen LogP contribution is -1.85. The van der Waals surface area contributed by atoms with Gasteiger partial charge in [-0.25, -0.2) is 0 Å². The minimum Gasteiger partial charge on any atom is -0.0913 e. The van der Waals surface area contributed by atoms with Crippen LogP contribution in [0.5, 0.6) is 0 Å². The van der Waals surface area contributed by atoms with Gasteiger partial charge in [-0.05, 0) is 40.0 Å². The molecule has 0 N–H and O–H groups in total. The molecule has 0 radical (unpaired) electrons. The first-order valence-corrected chi connectivity index (χ1v) is 4.98. The second kappa shape index (κ2) is 7.15. The summed E-state index contributed by atoms with van der Waals surface area (Å²) in [4.78, 5) is 0. The van der Waals surface area contributed by atoms with Crippen LogP contribution in [0.4, 0.5) is 0 Å². The number of hydrogen-bond acceptors (Lipinski definition) is 0. The van der Waals surface area contributed by atoms with Crippen molar-refractivity contribution in [2.24, 2.45) is 0 Å². The molecule has 0 amide bonds. The molecule has 0 aromatic rings. The molecule has 0 heteroatoms. The van der Waals surface area contributed by atoms with Gasteiger partial charge >= 0.3 is 0 Å². The van der Waals surface area contributed by atoms with Crippen LogP contribution in [0.1, 0.15) is 53.4 Å². The van der Waals surface area contributed by atoms with Gasteiger partial charge < -0.3 is 0 Å². The average molecular weight is 166 g/mol. The summed E-state index contributed by atoms with van der Waals surface area (Å²) in [7, 11) is 0. The first kappa shape index (κ1) is 11.5. The lowest BCUT2D eigenvalue weighted by molar-refractivity contribution is 0.767. The number of hydrogen-bond donors (Lipinski definition) is 0. The minimum absolute atomic E-state index is 1.15. The van der Waals surface area contributed by atoms with Crippen molar-refractivity contribution in [2.75, 3.05) is 0 Å². The Morgan fingerprint density at radius 1 is 1.25 bits per heavy atom. The van der Waals surface area contributed by atoms with Gasteiger partial charge in [-0.1, -0.05) is 36.6 Å². The summed E-state index contributed by atoms with van der Waals surface area (Å²) in [6, 6.07) is 0. The predicted octanol–water partition coefficient (Wildman–Crippen LogP) is 4.48. The largest absolute Gasteiger partial charge is 0.0913 e. The Morgan fingerprint density at radius 3 is 2.33 bits per heavy atom.